The monoisotopic (exact) mass is 411 g/mol. The summed E-state index contributed by atoms with van der Waals surface area (Å²) in [4.78, 5) is 50.2. The number of urea groups is 1. The lowest BCUT2D eigenvalue weighted by Crippen LogP contribution is -2.46. The number of imide groups is 1. The Bertz CT molecular complexity index is 751. The zero-order valence-corrected chi connectivity index (χ0v) is 16.7. The van der Waals surface area contributed by atoms with E-state index in [9.17, 15) is 19.2 Å². The molecule has 0 spiro atoms. The van der Waals surface area contributed by atoms with E-state index >= 15 is 0 Å². The number of anilines is 1. The first-order chi connectivity index (χ1) is 12.9. The van der Waals surface area contributed by atoms with Crippen molar-refractivity contribution in [3.8, 4) is 0 Å². The Balaban J connectivity index is 0.00000392. The van der Waals surface area contributed by atoms with Crippen molar-refractivity contribution in [2.75, 3.05) is 25.0 Å². The molecule has 1 heterocycles. The Hall–Kier alpha value is -2.65. The maximum Gasteiger partial charge on any atom is 0.325 e. The molecule has 0 radical (unpaired) electrons. The molecule has 0 atom stereocenters. The minimum atomic E-state index is -0.961. The van der Waals surface area contributed by atoms with E-state index in [0.29, 0.717) is 31.6 Å². The van der Waals surface area contributed by atoms with E-state index in [1.54, 1.807) is 38.1 Å². The van der Waals surface area contributed by atoms with Gasteiger partial charge in [0.15, 0.2) is 0 Å². The molecule has 1 saturated heterocycles. The number of carbonyl (C=O) groups is 4. The largest absolute Gasteiger partial charge is 0.351 e. The van der Waals surface area contributed by atoms with E-state index < -0.39 is 29.9 Å². The Labute approximate surface area is 169 Å². The van der Waals surface area contributed by atoms with Crippen molar-refractivity contribution in [2.24, 2.45) is 5.73 Å². The summed E-state index contributed by atoms with van der Waals surface area (Å²) in [6.45, 7) is 3.79. The van der Waals surface area contributed by atoms with Gasteiger partial charge in [-0.2, -0.15) is 0 Å². The third-order valence-corrected chi connectivity index (χ3v) is 4.63. The minimum Gasteiger partial charge on any atom is -0.351 e. The van der Waals surface area contributed by atoms with E-state index in [4.69, 9.17) is 5.73 Å². The predicted molar refractivity (Wildman–Crippen MR) is 107 cm³/mol. The molecule has 1 aliphatic heterocycles. The zero-order valence-electron chi connectivity index (χ0n) is 15.9. The van der Waals surface area contributed by atoms with Gasteiger partial charge in [-0.05, 0) is 25.0 Å². The average Bonchev–Trinajstić information content (AvgIpc) is 2.91. The maximum absolute atomic E-state index is 12.6. The first-order valence-corrected chi connectivity index (χ1v) is 8.89. The fraction of sp³-hybridized carbons (Fsp3) is 0.444. The second-order valence-electron chi connectivity index (χ2n) is 6.25. The van der Waals surface area contributed by atoms with Gasteiger partial charge in [0.2, 0.25) is 5.91 Å². The van der Waals surface area contributed by atoms with Crippen molar-refractivity contribution in [1.82, 2.24) is 15.5 Å². The first kappa shape index (κ1) is 23.4. The number of para-hydroxylation sites is 1. The van der Waals surface area contributed by atoms with Crippen molar-refractivity contribution in [3.63, 3.8) is 0 Å². The highest BCUT2D eigenvalue weighted by atomic mass is 35.5. The van der Waals surface area contributed by atoms with Crippen LogP contribution in [0.15, 0.2) is 24.3 Å². The van der Waals surface area contributed by atoms with Crippen LogP contribution >= 0.6 is 12.4 Å². The van der Waals surface area contributed by atoms with E-state index in [0.717, 1.165) is 4.90 Å². The van der Waals surface area contributed by atoms with Gasteiger partial charge in [0, 0.05) is 13.1 Å². The lowest BCUT2D eigenvalue weighted by Gasteiger charge is -2.23. The third-order valence-electron chi connectivity index (χ3n) is 4.63. The maximum atomic E-state index is 12.6. The summed E-state index contributed by atoms with van der Waals surface area (Å²) in [5, 5.41) is 7.90. The number of amides is 5. The Morgan fingerprint density at radius 1 is 1.18 bits per heavy atom. The fourth-order valence-corrected chi connectivity index (χ4v) is 2.95. The molecule has 0 bridgehead atoms. The quantitative estimate of drug-likeness (QED) is 0.470. The second-order valence-corrected chi connectivity index (χ2v) is 6.25. The molecule has 0 aliphatic carbocycles. The third kappa shape index (κ3) is 4.79. The molecule has 9 nitrogen and oxygen atoms in total. The number of carbonyl (C=O) groups excluding carboxylic acids is 4. The number of nitrogens with zero attached hydrogens (tertiary/aromatic N) is 1. The number of halogens is 1. The molecule has 5 amide bonds. The van der Waals surface area contributed by atoms with Gasteiger partial charge in [0.1, 0.15) is 12.1 Å². The zero-order chi connectivity index (χ0) is 20.0. The molecule has 154 valence electrons. The van der Waals surface area contributed by atoms with Crippen molar-refractivity contribution < 1.29 is 19.2 Å². The normalized spacial score (nSPS) is 14.9. The summed E-state index contributed by atoms with van der Waals surface area (Å²) >= 11 is 0. The van der Waals surface area contributed by atoms with E-state index in [1.165, 1.54) is 0 Å². The van der Waals surface area contributed by atoms with Crippen LogP contribution in [0.25, 0.3) is 0 Å². The van der Waals surface area contributed by atoms with Crippen LogP contribution in [0, 0.1) is 0 Å². The van der Waals surface area contributed by atoms with Crippen LogP contribution in [0.4, 0.5) is 10.5 Å². The number of hydrogen-bond donors (Lipinski definition) is 4. The van der Waals surface area contributed by atoms with Gasteiger partial charge in [0.25, 0.3) is 11.8 Å². The van der Waals surface area contributed by atoms with Gasteiger partial charge in [0.05, 0.1) is 11.3 Å². The number of nitrogens with one attached hydrogen (secondary N) is 3. The van der Waals surface area contributed by atoms with Gasteiger partial charge in [-0.3, -0.25) is 19.3 Å². The number of rotatable bonds is 8. The van der Waals surface area contributed by atoms with Gasteiger partial charge < -0.3 is 21.7 Å². The second kappa shape index (κ2) is 10.0. The molecule has 0 unspecified atom stereocenters. The topological polar surface area (TPSA) is 134 Å². The summed E-state index contributed by atoms with van der Waals surface area (Å²) in [5.41, 5.74) is 4.98. The highest BCUT2D eigenvalue weighted by Crippen LogP contribution is 2.25. The first-order valence-electron chi connectivity index (χ1n) is 8.89. The van der Waals surface area contributed by atoms with Crippen molar-refractivity contribution in [1.29, 1.82) is 0 Å². The van der Waals surface area contributed by atoms with Crippen LogP contribution in [0.3, 0.4) is 0 Å². The van der Waals surface area contributed by atoms with Gasteiger partial charge >= 0.3 is 6.03 Å². The SMILES string of the molecule is CCC1(CC)NC(=O)N(CC(=O)Nc2ccccc2C(=O)NCCN)C1=O.Cl. The molecule has 0 saturated carbocycles. The van der Waals surface area contributed by atoms with E-state index in [2.05, 4.69) is 16.0 Å². The predicted octanol–water partition coefficient (Wildman–Crippen LogP) is 0.846. The van der Waals surface area contributed by atoms with Crippen molar-refractivity contribution in [3.05, 3.63) is 29.8 Å². The smallest absolute Gasteiger partial charge is 0.325 e. The number of benzene rings is 1. The number of hydrogen-bond acceptors (Lipinski definition) is 5. The number of nitrogens with two attached hydrogens (primary N) is 1. The molecule has 1 aromatic carbocycles. The summed E-state index contributed by atoms with van der Waals surface area (Å²) in [7, 11) is 0. The summed E-state index contributed by atoms with van der Waals surface area (Å²) < 4.78 is 0. The van der Waals surface area contributed by atoms with Crippen LogP contribution in [-0.2, 0) is 9.59 Å². The minimum absolute atomic E-state index is 0. The van der Waals surface area contributed by atoms with Gasteiger partial charge in [-0.1, -0.05) is 26.0 Å². The average molecular weight is 412 g/mol. The molecular formula is C18H26ClN5O4. The van der Waals surface area contributed by atoms with Crippen molar-refractivity contribution in [2.45, 2.75) is 32.2 Å². The van der Waals surface area contributed by atoms with E-state index in [1.807, 2.05) is 0 Å². The molecule has 2 rings (SSSR count). The molecule has 0 aromatic heterocycles. The highest BCUT2D eigenvalue weighted by molar-refractivity contribution is 6.11. The fourth-order valence-electron chi connectivity index (χ4n) is 2.95. The van der Waals surface area contributed by atoms with Crippen LogP contribution in [-0.4, -0.2) is 53.8 Å². The molecule has 1 fully saturated rings. The van der Waals surface area contributed by atoms with E-state index in [-0.39, 0.29) is 23.9 Å². The van der Waals surface area contributed by atoms with Gasteiger partial charge in [-0.15, -0.1) is 12.4 Å². The molecule has 28 heavy (non-hydrogen) atoms. The summed E-state index contributed by atoms with van der Waals surface area (Å²) in [6.07, 6.45) is 0.882. The van der Waals surface area contributed by atoms with Crippen LogP contribution < -0.4 is 21.7 Å². The van der Waals surface area contributed by atoms with Crippen LogP contribution in [0.2, 0.25) is 0 Å². The van der Waals surface area contributed by atoms with Crippen LogP contribution in [0.5, 0.6) is 0 Å². The molecular weight excluding hydrogens is 386 g/mol. The molecule has 1 aliphatic rings. The van der Waals surface area contributed by atoms with Crippen LogP contribution in [0.1, 0.15) is 37.0 Å². The van der Waals surface area contributed by atoms with Gasteiger partial charge in [-0.25, -0.2) is 4.79 Å². The standard InChI is InChI=1S/C18H25N5O4.ClH/c1-3-18(4-2)16(26)23(17(27)22-18)11-14(24)21-13-8-6-5-7-12(13)15(25)20-10-9-19;/h5-8H,3-4,9-11,19H2,1-2H3,(H,20,25)(H,21,24)(H,22,27);1H. The molecule has 1 aromatic rings. The lowest BCUT2D eigenvalue weighted by molar-refractivity contribution is -0.134. The summed E-state index contributed by atoms with van der Waals surface area (Å²) in [5.74, 6) is -1.36. The Morgan fingerprint density at radius 3 is 2.39 bits per heavy atom. The summed E-state index contributed by atoms with van der Waals surface area (Å²) in [6, 6.07) is 5.88. The molecule has 10 heteroatoms. The Kier molecular flexibility index (Phi) is 8.39. The Morgan fingerprint density at radius 2 is 1.82 bits per heavy atom. The van der Waals surface area contributed by atoms with Crippen molar-refractivity contribution >= 4 is 41.8 Å². The lowest BCUT2D eigenvalue weighted by atomic mass is 9.93. The highest BCUT2D eigenvalue weighted by Gasteiger charge is 2.49. The molecule has 5 N–H and O–H groups in total.